The molecule has 0 aromatic heterocycles. The molecule has 102 valence electrons. The highest BCUT2D eigenvalue weighted by Gasteiger charge is 2.33. The number of nitrogens with two attached hydrogens (primary N) is 1. The Bertz CT molecular complexity index is 397. The highest BCUT2D eigenvalue weighted by Crippen LogP contribution is 2.35. The monoisotopic (exact) mass is 292 g/mol. The summed E-state index contributed by atoms with van der Waals surface area (Å²) >= 11 is 5.82. The highest BCUT2D eigenvalue weighted by molar-refractivity contribution is 6.30. The van der Waals surface area contributed by atoms with Crippen molar-refractivity contribution in [2.45, 2.75) is 31.8 Å². The lowest BCUT2D eigenvalue weighted by Crippen LogP contribution is -2.34. The summed E-state index contributed by atoms with van der Waals surface area (Å²) in [6, 6.07) is 5.77. The van der Waals surface area contributed by atoms with E-state index in [0.717, 1.165) is 6.54 Å². The summed E-state index contributed by atoms with van der Waals surface area (Å²) in [7, 11) is 0. The molecule has 0 saturated heterocycles. The Morgan fingerprint density at radius 3 is 2.72 bits per heavy atom. The van der Waals surface area contributed by atoms with Crippen molar-refractivity contribution in [3.8, 4) is 0 Å². The maximum atomic E-state index is 13.9. The third-order valence-electron chi connectivity index (χ3n) is 3.33. The van der Waals surface area contributed by atoms with Crippen molar-refractivity contribution in [1.82, 2.24) is 4.90 Å². The Morgan fingerprint density at radius 2 is 2.17 bits per heavy atom. The summed E-state index contributed by atoms with van der Waals surface area (Å²) < 4.78 is 13.9. The summed E-state index contributed by atoms with van der Waals surface area (Å²) in [4.78, 5) is 2.27. The molecule has 0 radical (unpaired) electrons. The third-order valence-corrected chi connectivity index (χ3v) is 3.62. The molecule has 2 nitrogen and oxygen atoms in total. The van der Waals surface area contributed by atoms with Crippen LogP contribution in [0, 0.1) is 5.82 Å². The standard InChI is InChI=1S/C13H18ClFN2.ClH/c1-9(17(8-7-16)10-5-6-10)11-3-2-4-12(14)13(11)15;/h2-4,9-10H,5-8,16H2,1H3;1H. The molecule has 1 atom stereocenters. The highest BCUT2D eigenvalue weighted by atomic mass is 35.5. The molecule has 2 N–H and O–H groups in total. The molecule has 5 heteroatoms. The molecule has 1 aliphatic carbocycles. The van der Waals surface area contributed by atoms with Crippen LogP contribution in [-0.4, -0.2) is 24.0 Å². The summed E-state index contributed by atoms with van der Waals surface area (Å²) in [6.45, 7) is 3.42. The summed E-state index contributed by atoms with van der Waals surface area (Å²) in [5, 5.41) is 0.192. The van der Waals surface area contributed by atoms with E-state index in [1.807, 2.05) is 6.92 Å². The van der Waals surface area contributed by atoms with Gasteiger partial charge in [-0.05, 0) is 25.8 Å². The molecule has 1 fully saturated rings. The van der Waals surface area contributed by atoms with Crippen LogP contribution in [0.2, 0.25) is 5.02 Å². The predicted molar refractivity (Wildman–Crippen MR) is 75.9 cm³/mol. The molecule has 1 aromatic rings. The third kappa shape index (κ3) is 3.35. The fourth-order valence-electron chi connectivity index (χ4n) is 2.27. The van der Waals surface area contributed by atoms with E-state index in [1.54, 1.807) is 18.2 Å². The SMILES string of the molecule is CC(c1cccc(Cl)c1F)N(CCN)C1CC1.Cl. The summed E-state index contributed by atoms with van der Waals surface area (Å²) in [5.74, 6) is -0.302. The second-order valence-corrected chi connectivity index (χ2v) is 4.98. The molecule has 0 amide bonds. The molecule has 0 bridgehead atoms. The van der Waals surface area contributed by atoms with Gasteiger partial charge in [-0.25, -0.2) is 4.39 Å². The van der Waals surface area contributed by atoms with Gasteiger partial charge in [-0.1, -0.05) is 23.7 Å². The van der Waals surface area contributed by atoms with E-state index in [-0.39, 0.29) is 29.3 Å². The number of hydrogen-bond donors (Lipinski definition) is 1. The number of nitrogens with zero attached hydrogens (tertiary/aromatic N) is 1. The zero-order chi connectivity index (χ0) is 12.4. The molecule has 18 heavy (non-hydrogen) atoms. The van der Waals surface area contributed by atoms with E-state index in [9.17, 15) is 4.39 Å². The van der Waals surface area contributed by atoms with E-state index in [2.05, 4.69) is 4.90 Å². The molecule has 0 aliphatic heterocycles. The average molecular weight is 293 g/mol. The fourth-order valence-corrected chi connectivity index (χ4v) is 2.45. The van der Waals surface area contributed by atoms with Gasteiger partial charge in [0.25, 0.3) is 0 Å². The summed E-state index contributed by atoms with van der Waals surface area (Å²) in [6.07, 6.45) is 2.37. The first-order valence-electron chi connectivity index (χ1n) is 6.05. The van der Waals surface area contributed by atoms with Crippen molar-refractivity contribution in [3.05, 3.63) is 34.6 Å². The first kappa shape index (κ1) is 15.7. The van der Waals surface area contributed by atoms with Gasteiger partial charge in [-0.15, -0.1) is 12.4 Å². The largest absolute Gasteiger partial charge is 0.329 e. The minimum absolute atomic E-state index is 0. The van der Waals surface area contributed by atoms with Gasteiger partial charge in [-0.3, -0.25) is 4.90 Å². The molecular formula is C13H19Cl2FN2. The Balaban J connectivity index is 0.00000162. The summed E-state index contributed by atoms with van der Waals surface area (Å²) in [5.41, 5.74) is 6.28. The van der Waals surface area contributed by atoms with Gasteiger partial charge in [0.05, 0.1) is 5.02 Å². The zero-order valence-corrected chi connectivity index (χ0v) is 12.0. The lowest BCUT2D eigenvalue weighted by Gasteiger charge is -2.29. The molecule has 1 unspecified atom stereocenters. The smallest absolute Gasteiger partial charge is 0.146 e. The first-order chi connectivity index (χ1) is 8.15. The van der Waals surface area contributed by atoms with Crippen molar-refractivity contribution in [2.75, 3.05) is 13.1 Å². The van der Waals surface area contributed by atoms with Crippen molar-refractivity contribution in [2.24, 2.45) is 5.73 Å². The number of benzene rings is 1. The Labute approximate surface area is 119 Å². The number of rotatable bonds is 5. The van der Waals surface area contributed by atoms with Crippen LogP contribution in [0.5, 0.6) is 0 Å². The zero-order valence-electron chi connectivity index (χ0n) is 10.4. The van der Waals surface area contributed by atoms with Gasteiger partial charge in [0.1, 0.15) is 5.82 Å². The lowest BCUT2D eigenvalue weighted by atomic mass is 10.1. The van der Waals surface area contributed by atoms with Crippen LogP contribution in [-0.2, 0) is 0 Å². The predicted octanol–water partition coefficient (Wildman–Crippen LogP) is 3.39. The van der Waals surface area contributed by atoms with Gasteiger partial charge < -0.3 is 5.73 Å². The Morgan fingerprint density at radius 1 is 1.50 bits per heavy atom. The molecule has 0 heterocycles. The van der Waals surface area contributed by atoms with Crippen molar-refractivity contribution in [1.29, 1.82) is 0 Å². The quantitative estimate of drug-likeness (QED) is 0.901. The minimum atomic E-state index is -0.302. The maximum absolute atomic E-state index is 13.9. The molecule has 1 saturated carbocycles. The second-order valence-electron chi connectivity index (χ2n) is 4.58. The second kappa shape index (κ2) is 6.71. The first-order valence-corrected chi connectivity index (χ1v) is 6.42. The van der Waals surface area contributed by atoms with Crippen LogP contribution < -0.4 is 5.73 Å². The molecule has 1 aliphatic rings. The van der Waals surface area contributed by atoms with Crippen LogP contribution in [0.15, 0.2) is 18.2 Å². The van der Waals surface area contributed by atoms with Crippen LogP contribution in [0.4, 0.5) is 4.39 Å². The lowest BCUT2D eigenvalue weighted by molar-refractivity contribution is 0.202. The normalized spacial score (nSPS) is 16.5. The van der Waals surface area contributed by atoms with E-state index in [0.29, 0.717) is 18.2 Å². The van der Waals surface area contributed by atoms with Crippen molar-refractivity contribution >= 4 is 24.0 Å². The Kier molecular flexibility index (Phi) is 5.86. The van der Waals surface area contributed by atoms with E-state index < -0.39 is 0 Å². The van der Waals surface area contributed by atoms with E-state index in [1.165, 1.54) is 12.8 Å². The van der Waals surface area contributed by atoms with E-state index >= 15 is 0 Å². The number of halogens is 3. The van der Waals surface area contributed by atoms with E-state index in [4.69, 9.17) is 17.3 Å². The van der Waals surface area contributed by atoms with Gasteiger partial charge >= 0.3 is 0 Å². The van der Waals surface area contributed by atoms with Crippen LogP contribution in [0.1, 0.15) is 31.4 Å². The van der Waals surface area contributed by atoms with Gasteiger partial charge in [0.2, 0.25) is 0 Å². The maximum Gasteiger partial charge on any atom is 0.146 e. The topological polar surface area (TPSA) is 29.3 Å². The number of hydrogen-bond acceptors (Lipinski definition) is 2. The molecule has 0 spiro atoms. The average Bonchev–Trinajstić information content (AvgIpc) is 3.13. The van der Waals surface area contributed by atoms with Gasteiger partial charge in [-0.2, -0.15) is 0 Å². The van der Waals surface area contributed by atoms with Crippen LogP contribution >= 0.6 is 24.0 Å². The van der Waals surface area contributed by atoms with Crippen LogP contribution in [0.25, 0.3) is 0 Å². The van der Waals surface area contributed by atoms with Crippen molar-refractivity contribution in [3.63, 3.8) is 0 Å². The Hall–Kier alpha value is -0.350. The van der Waals surface area contributed by atoms with Gasteiger partial charge in [0.15, 0.2) is 0 Å². The van der Waals surface area contributed by atoms with Crippen molar-refractivity contribution < 1.29 is 4.39 Å². The molecule has 2 rings (SSSR count). The molecule has 1 aromatic carbocycles. The van der Waals surface area contributed by atoms with Crippen LogP contribution in [0.3, 0.4) is 0 Å². The fraction of sp³-hybridized carbons (Fsp3) is 0.538. The minimum Gasteiger partial charge on any atom is -0.329 e. The van der Waals surface area contributed by atoms with Gasteiger partial charge in [0, 0.05) is 30.7 Å². The molecular weight excluding hydrogens is 274 g/mol.